The maximum absolute atomic E-state index is 12.5. The highest BCUT2D eigenvalue weighted by molar-refractivity contribution is 6.03. The molecule has 118 valence electrons. The molecule has 1 amide bonds. The first-order valence-electron chi connectivity index (χ1n) is 7.78. The maximum Gasteiger partial charge on any atom is 0.340 e. The Kier molecular flexibility index (Phi) is 4.42. The van der Waals surface area contributed by atoms with Gasteiger partial charge in [-0.05, 0) is 36.6 Å². The molecule has 1 heterocycles. The van der Waals surface area contributed by atoms with E-state index in [0.717, 1.165) is 17.5 Å². The first-order valence-corrected chi connectivity index (χ1v) is 7.78. The Morgan fingerprint density at radius 2 is 1.87 bits per heavy atom. The summed E-state index contributed by atoms with van der Waals surface area (Å²) in [6.45, 7) is 2.87. The molecule has 1 saturated heterocycles. The molecule has 0 bridgehead atoms. The number of para-hydroxylation sites is 1. The normalized spacial score (nSPS) is 14.1. The predicted octanol–water partition coefficient (Wildman–Crippen LogP) is 3.48. The Labute approximate surface area is 135 Å². The van der Waals surface area contributed by atoms with Gasteiger partial charge in [0.1, 0.15) is 6.61 Å². The third-order valence-corrected chi connectivity index (χ3v) is 4.11. The van der Waals surface area contributed by atoms with E-state index in [2.05, 4.69) is 0 Å². The highest BCUT2D eigenvalue weighted by atomic mass is 16.5. The number of esters is 1. The van der Waals surface area contributed by atoms with Crippen LogP contribution in [0.5, 0.6) is 0 Å². The average Bonchev–Trinajstić information content (AvgIpc) is 3.00. The van der Waals surface area contributed by atoms with E-state index in [4.69, 9.17) is 4.74 Å². The van der Waals surface area contributed by atoms with E-state index in [1.807, 2.05) is 37.3 Å². The van der Waals surface area contributed by atoms with Gasteiger partial charge in [0.15, 0.2) is 0 Å². The van der Waals surface area contributed by atoms with E-state index in [-0.39, 0.29) is 12.5 Å². The highest BCUT2D eigenvalue weighted by Gasteiger charge is 2.26. The van der Waals surface area contributed by atoms with E-state index in [9.17, 15) is 9.59 Å². The zero-order valence-corrected chi connectivity index (χ0v) is 13.1. The van der Waals surface area contributed by atoms with Crippen LogP contribution in [0, 0.1) is 6.92 Å². The lowest BCUT2D eigenvalue weighted by Crippen LogP contribution is -2.26. The third kappa shape index (κ3) is 3.26. The van der Waals surface area contributed by atoms with Gasteiger partial charge in [0.2, 0.25) is 5.91 Å². The molecule has 4 heteroatoms. The number of ether oxygens (including phenoxy) is 1. The summed E-state index contributed by atoms with van der Waals surface area (Å²) in [6.07, 6.45) is 1.36. The summed E-state index contributed by atoms with van der Waals surface area (Å²) in [5.41, 5.74) is 3.15. The number of rotatable bonds is 4. The summed E-state index contributed by atoms with van der Waals surface area (Å²) in [5.74, 6) is -0.340. The number of carbonyl (C=O) groups is 2. The molecule has 2 aromatic rings. The number of carbonyl (C=O) groups excluding carboxylic acids is 2. The van der Waals surface area contributed by atoms with Gasteiger partial charge in [-0.25, -0.2) is 4.79 Å². The molecule has 2 aromatic carbocycles. The number of amides is 1. The Morgan fingerprint density at radius 1 is 1.13 bits per heavy atom. The van der Waals surface area contributed by atoms with E-state index in [0.29, 0.717) is 24.2 Å². The Bertz CT molecular complexity index is 739. The molecule has 1 fully saturated rings. The van der Waals surface area contributed by atoms with Crippen molar-refractivity contribution in [1.82, 2.24) is 0 Å². The highest BCUT2D eigenvalue weighted by Crippen LogP contribution is 2.26. The largest absolute Gasteiger partial charge is 0.457 e. The van der Waals surface area contributed by atoms with E-state index >= 15 is 0 Å². The molecule has 0 radical (unpaired) electrons. The Morgan fingerprint density at radius 3 is 2.61 bits per heavy atom. The molecule has 1 aliphatic rings. The number of anilines is 1. The summed E-state index contributed by atoms with van der Waals surface area (Å²) in [5, 5.41) is 0. The van der Waals surface area contributed by atoms with Crippen molar-refractivity contribution in [2.75, 3.05) is 11.4 Å². The summed E-state index contributed by atoms with van der Waals surface area (Å²) in [6, 6.07) is 14.9. The monoisotopic (exact) mass is 309 g/mol. The molecule has 0 unspecified atom stereocenters. The quantitative estimate of drug-likeness (QED) is 0.812. The van der Waals surface area contributed by atoms with Gasteiger partial charge in [-0.1, -0.05) is 36.4 Å². The molecular weight excluding hydrogens is 290 g/mol. The third-order valence-electron chi connectivity index (χ3n) is 4.11. The van der Waals surface area contributed by atoms with Crippen LogP contribution in [0.25, 0.3) is 0 Å². The summed E-state index contributed by atoms with van der Waals surface area (Å²) in [4.78, 5) is 26.1. The first kappa shape index (κ1) is 15.3. The summed E-state index contributed by atoms with van der Waals surface area (Å²) >= 11 is 0. The number of aryl methyl sites for hydroxylation is 1. The van der Waals surface area contributed by atoms with Crippen molar-refractivity contribution < 1.29 is 14.3 Å². The second kappa shape index (κ2) is 6.65. The van der Waals surface area contributed by atoms with Crippen LogP contribution in [0.1, 0.15) is 34.3 Å². The molecule has 0 aromatic heterocycles. The molecule has 23 heavy (non-hydrogen) atoms. The summed E-state index contributed by atoms with van der Waals surface area (Å²) < 4.78 is 5.45. The lowest BCUT2D eigenvalue weighted by molar-refractivity contribution is -0.117. The van der Waals surface area contributed by atoms with Crippen LogP contribution in [0.15, 0.2) is 48.5 Å². The zero-order valence-electron chi connectivity index (χ0n) is 13.1. The van der Waals surface area contributed by atoms with Crippen LogP contribution in [-0.2, 0) is 16.1 Å². The standard InChI is InChI=1S/C19H19NO3/c1-14-7-2-3-8-15(14)13-23-19(22)16-9-4-5-10-17(16)20-12-6-11-18(20)21/h2-5,7-10H,6,11-13H2,1H3. The van der Waals surface area contributed by atoms with Crippen LogP contribution < -0.4 is 4.90 Å². The van der Waals surface area contributed by atoms with Crippen LogP contribution >= 0.6 is 0 Å². The number of hydrogen-bond acceptors (Lipinski definition) is 3. The van der Waals surface area contributed by atoms with Crippen LogP contribution in [0.3, 0.4) is 0 Å². The van der Waals surface area contributed by atoms with Crippen molar-refractivity contribution in [2.45, 2.75) is 26.4 Å². The van der Waals surface area contributed by atoms with E-state index < -0.39 is 5.97 Å². The molecular formula is C19H19NO3. The van der Waals surface area contributed by atoms with Gasteiger partial charge in [0, 0.05) is 13.0 Å². The minimum Gasteiger partial charge on any atom is -0.457 e. The van der Waals surface area contributed by atoms with Gasteiger partial charge in [-0.15, -0.1) is 0 Å². The Balaban J connectivity index is 1.78. The molecule has 0 aliphatic carbocycles. The number of hydrogen-bond donors (Lipinski definition) is 0. The van der Waals surface area contributed by atoms with Crippen LogP contribution in [-0.4, -0.2) is 18.4 Å². The molecule has 3 rings (SSSR count). The maximum atomic E-state index is 12.5. The van der Waals surface area contributed by atoms with E-state index in [1.165, 1.54) is 0 Å². The fourth-order valence-corrected chi connectivity index (χ4v) is 2.78. The van der Waals surface area contributed by atoms with Gasteiger partial charge >= 0.3 is 5.97 Å². The van der Waals surface area contributed by atoms with Crippen molar-refractivity contribution in [3.05, 3.63) is 65.2 Å². The lowest BCUT2D eigenvalue weighted by atomic mass is 10.1. The topological polar surface area (TPSA) is 46.6 Å². The van der Waals surface area contributed by atoms with E-state index in [1.54, 1.807) is 23.1 Å². The van der Waals surface area contributed by atoms with Gasteiger partial charge in [0.25, 0.3) is 0 Å². The number of nitrogens with zero attached hydrogens (tertiary/aromatic N) is 1. The minimum atomic E-state index is -0.399. The van der Waals surface area contributed by atoms with Gasteiger partial charge < -0.3 is 9.64 Å². The summed E-state index contributed by atoms with van der Waals surface area (Å²) in [7, 11) is 0. The molecule has 0 spiro atoms. The molecule has 0 atom stereocenters. The molecule has 4 nitrogen and oxygen atoms in total. The average molecular weight is 309 g/mol. The van der Waals surface area contributed by atoms with Crippen LogP contribution in [0.4, 0.5) is 5.69 Å². The number of benzene rings is 2. The van der Waals surface area contributed by atoms with Gasteiger partial charge in [-0.2, -0.15) is 0 Å². The molecule has 1 aliphatic heterocycles. The Hall–Kier alpha value is -2.62. The second-order valence-corrected chi connectivity index (χ2v) is 5.67. The minimum absolute atomic E-state index is 0.0594. The lowest BCUT2D eigenvalue weighted by Gasteiger charge is -2.19. The van der Waals surface area contributed by atoms with Gasteiger partial charge in [0.05, 0.1) is 11.3 Å². The van der Waals surface area contributed by atoms with Crippen LogP contribution in [0.2, 0.25) is 0 Å². The van der Waals surface area contributed by atoms with Crippen molar-refractivity contribution >= 4 is 17.6 Å². The SMILES string of the molecule is Cc1ccccc1COC(=O)c1ccccc1N1CCCC1=O. The van der Waals surface area contributed by atoms with Crippen molar-refractivity contribution in [3.63, 3.8) is 0 Å². The first-order chi connectivity index (χ1) is 11.2. The van der Waals surface area contributed by atoms with Crippen molar-refractivity contribution in [2.24, 2.45) is 0 Å². The zero-order chi connectivity index (χ0) is 16.2. The van der Waals surface area contributed by atoms with Crippen molar-refractivity contribution in [1.29, 1.82) is 0 Å². The fraction of sp³-hybridized carbons (Fsp3) is 0.263. The smallest absolute Gasteiger partial charge is 0.340 e. The van der Waals surface area contributed by atoms with Gasteiger partial charge in [-0.3, -0.25) is 4.79 Å². The predicted molar refractivity (Wildman–Crippen MR) is 88.3 cm³/mol. The van der Waals surface area contributed by atoms with Crippen molar-refractivity contribution in [3.8, 4) is 0 Å². The second-order valence-electron chi connectivity index (χ2n) is 5.67. The molecule has 0 N–H and O–H groups in total. The fourth-order valence-electron chi connectivity index (χ4n) is 2.78. The molecule has 0 saturated carbocycles.